The Labute approximate surface area is 160 Å². The first-order valence-corrected chi connectivity index (χ1v) is 8.88. The number of hydrogen-bond acceptors (Lipinski definition) is 3. The lowest BCUT2D eigenvalue weighted by atomic mass is 9.96. The van der Waals surface area contributed by atoms with Crippen LogP contribution in [0.25, 0.3) is 0 Å². The smallest absolute Gasteiger partial charge is 0.263 e. The molecule has 1 N–H and O–H groups in total. The molecule has 1 aliphatic rings. The molecule has 1 saturated heterocycles. The summed E-state index contributed by atoms with van der Waals surface area (Å²) in [6, 6.07) is 5.03. The molecule has 1 amide bonds. The lowest BCUT2D eigenvalue weighted by Crippen LogP contribution is -2.45. The van der Waals surface area contributed by atoms with E-state index in [1.807, 2.05) is 4.90 Å². The number of piperidine rings is 1. The van der Waals surface area contributed by atoms with E-state index in [2.05, 4.69) is 12.2 Å². The number of rotatable bonds is 6. The average molecular weight is 396 g/mol. The maximum Gasteiger partial charge on any atom is 0.263 e. The molecule has 7 heteroatoms. The summed E-state index contributed by atoms with van der Waals surface area (Å²) in [4.78, 5) is 14.4. The van der Waals surface area contributed by atoms with Gasteiger partial charge in [-0.05, 0) is 50.9 Å². The highest BCUT2D eigenvalue weighted by Gasteiger charge is 2.26. The Bertz CT molecular complexity index is 535. The van der Waals surface area contributed by atoms with Gasteiger partial charge in [0.15, 0.2) is 6.10 Å². The van der Waals surface area contributed by atoms with Crippen molar-refractivity contribution in [2.75, 3.05) is 26.2 Å². The molecule has 1 aromatic rings. The maximum absolute atomic E-state index is 12.5. The number of carbonyl (C=O) groups excluding carboxylic acids is 1. The summed E-state index contributed by atoms with van der Waals surface area (Å²) >= 11 is 11.9. The number of carbonyl (C=O) groups is 1. The normalized spacial score (nSPS) is 16.4. The van der Waals surface area contributed by atoms with E-state index in [0.717, 1.165) is 39.0 Å². The third-order valence-electron chi connectivity index (χ3n) is 4.16. The van der Waals surface area contributed by atoms with Crippen LogP contribution in [0.2, 0.25) is 10.0 Å². The first-order chi connectivity index (χ1) is 11.0. The van der Waals surface area contributed by atoms with Crippen LogP contribution in [-0.2, 0) is 4.79 Å². The van der Waals surface area contributed by atoms with Gasteiger partial charge in [-0.3, -0.25) is 4.79 Å². The Morgan fingerprint density at radius 1 is 1.33 bits per heavy atom. The third-order valence-corrected chi connectivity index (χ3v) is 4.90. The van der Waals surface area contributed by atoms with Gasteiger partial charge in [-0.2, -0.15) is 0 Å². The van der Waals surface area contributed by atoms with Crippen LogP contribution in [-0.4, -0.2) is 43.1 Å². The van der Waals surface area contributed by atoms with Crippen molar-refractivity contribution in [2.45, 2.75) is 32.8 Å². The molecule has 0 bridgehead atoms. The maximum atomic E-state index is 12.5. The van der Waals surface area contributed by atoms with E-state index >= 15 is 0 Å². The summed E-state index contributed by atoms with van der Waals surface area (Å²) in [5.74, 6) is 1.24. The predicted molar refractivity (Wildman–Crippen MR) is 102 cm³/mol. The van der Waals surface area contributed by atoms with Crippen LogP contribution in [0, 0.1) is 5.92 Å². The van der Waals surface area contributed by atoms with Crippen LogP contribution < -0.4 is 10.1 Å². The van der Waals surface area contributed by atoms with E-state index in [-0.39, 0.29) is 18.3 Å². The summed E-state index contributed by atoms with van der Waals surface area (Å²) in [5, 5.41) is 4.27. The monoisotopic (exact) mass is 394 g/mol. The van der Waals surface area contributed by atoms with Crippen LogP contribution in [0.3, 0.4) is 0 Å². The fraction of sp³-hybridized carbons (Fsp3) is 0.588. The lowest BCUT2D eigenvalue weighted by Gasteiger charge is -2.33. The Kier molecular flexibility index (Phi) is 9.21. The molecule has 1 aliphatic heterocycles. The van der Waals surface area contributed by atoms with Gasteiger partial charge in [0.05, 0.1) is 10.0 Å². The minimum Gasteiger partial charge on any atom is -0.481 e. The first kappa shape index (κ1) is 21.4. The fourth-order valence-electron chi connectivity index (χ4n) is 2.77. The van der Waals surface area contributed by atoms with Crippen LogP contribution in [0.15, 0.2) is 18.2 Å². The zero-order valence-electron chi connectivity index (χ0n) is 14.1. The van der Waals surface area contributed by atoms with Gasteiger partial charge >= 0.3 is 0 Å². The number of benzene rings is 1. The SMILES string of the molecule is CCNCC1CCN(C(=O)C(C)Oc2ccc(Cl)c(Cl)c2)CC1.Cl. The molecular formula is C17H25Cl3N2O2. The van der Waals surface area contributed by atoms with Crippen molar-refractivity contribution < 1.29 is 9.53 Å². The Morgan fingerprint density at radius 2 is 2.00 bits per heavy atom. The highest BCUT2D eigenvalue weighted by molar-refractivity contribution is 6.42. The Morgan fingerprint density at radius 3 is 2.58 bits per heavy atom. The number of likely N-dealkylation sites (tertiary alicyclic amines) is 1. The number of ether oxygens (including phenoxy) is 1. The van der Waals surface area contributed by atoms with Crippen LogP contribution >= 0.6 is 35.6 Å². The molecule has 0 aromatic heterocycles. The minimum absolute atomic E-state index is 0. The molecule has 1 unspecified atom stereocenters. The van der Waals surface area contributed by atoms with Crippen molar-refractivity contribution in [1.29, 1.82) is 0 Å². The van der Waals surface area contributed by atoms with Gasteiger partial charge in [0.2, 0.25) is 0 Å². The summed E-state index contributed by atoms with van der Waals surface area (Å²) in [6.45, 7) is 7.51. The molecular weight excluding hydrogens is 371 g/mol. The van der Waals surface area contributed by atoms with E-state index in [4.69, 9.17) is 27.9 Å². The van der Waals surface area contributed by atoms with Crippen molar-refractivity contribution in [2.24, 2.45) is 5.92 Å². The summed E-state index contributed by atoms with van der Waals surface area (Å²) in [6.07, 6.45) is 1.55. The quantitative estimate of drug-likeness (QED) is 0.790. The summed E-state index contributed by atoms with van der Waals surface area (Å²) in [7, 11) is 0. The molecule has 0 aliphatic carbocycles. The minimum atomic E-state index is -0.530. The Balaban J connectivity index is 0.00000288. The lowest BCUT2D eigenvalue weighted by molar-refractivity contribution is -0.139. The van der Waals surface area contributed by atoms with Gasteiger partial charge in [-0.15, -0.1) is 12.4 Å². The highest BCUT2D eigenvalue weighted by Crippen LogP contribution is 2.27. The van der Waals surface area contributed by atoms with Gasteiger partial charge in [-0.25, -0.2) is 0 Å². The van der Waals surface area contributed by atoms with Crippen LogP contribution in [0.5, 0.6) is 5.75 Å². The van der Waals surface area contributed by atoms with Gasteiger partial charge in [-0.1, -0.05) is 30.1 Å². The molecule has 1 heterocycles. The summed E-state index contributed by atoms with van der Waals surface area (Å²) in [5.41, 5.74) is 0. The largest absolute Gasteiger partial charge is 0.481 e. The van der Waals surface area contributed by atoms with Crippen molar-refractivity contribution >= 4 is 41.5 Å². The van der Waals surface area contributed by atoms with E-state index in [9.17, 15) is 4.79 Å². The van der Waals surface area contributed by atoms with Gasteiger partial charge in [0, 0.05) is 19.2 Å². The van der Waals surface area contributed by atoms with Crippen LogP contribution in [0.1, 0.15) is 26.7 Å². The number of nitrogens with one attached hydrogen (secondary N) is 1. The topological polar surface area (TPSA) is 41.6 Å². The zero-order chi connectivity index (χ0) is 16.8. The molecule has 1 aromatic carbocycles. The number of halogens is 3. The first-order valence-electron chi connectivity index (χ1n) is 8.12. The van der Waals surface area contributed by atoms with E-state index in [1.165, 1.54) is 0 Å². The molecule has 136 valence electrons. The molecule has 1 fully saturated rings. The van der Waals surface area contributed by atoms with E-state index in [0.29, 0.717) is 21.7 Å². The second-order valence-electron chi connectivity index (χ2n) is 5.91. The molecule has 2 rings (SSSR count). The molecule has 0 saturated carbocycles. The second kappa shape index (κ2) is 10.3. The van der Waals surface area contributed by atoms with Gasteiger partial charge < -0.3 is 15.0 Å². The van der Waals surface area contributed by atoms with Crippen molar-refractivity contribution in [3.8, 4) is 5.75 Å². The molecule has 0 spiro atoms. The van der Waals surface area contributed by atoms with Crippen molar-refractivity contribution in [1.82, 2.24) is 10.2 Å². The van der Waals surface area contributed by atoms with Gasteiger partial charge in [0.25, 0.3) is 5.91 Å². The molecule has 1 atom stereocenters. The zero-order valence-corrected chi connectivity index (χ0v) is 16.4. The molecule has 0 radical (unpaired) electrons. The standard InChI is InChI=1S/C17H24Cl2N2O2.ClH/c1-3-20-11-13-6-8-21(9-7-13)17(22)12(2)23-14-4-5-15(18)16(19)10-14;/h4-5,10,12-13,20H,3,6-9,11H2,1-2H3;1H. The van der Waals surface area contributed by atoms with Gasteiger partial charge in [0.1, 0.15) is 5.75 Å². The van der Waals surface area contributed by atoms with E-state index in [1.54, 1.807) is 25.1 Å². The third kappa shape index (κ3) is 5.99. The predicted octanol–water partition coefficient (Wildman–Crippen LogP) is 4.03. The number of amides is 1. The fourth-order valence-corrected chi connectivity index (χ4v) is 3.06. The van der Waals surface area contributed by atoms with E-state index < -0.39 is 6.10 Å². The van der Waals surface area contributed by atoms with Crippen molar-refractivity contribution in [3.05, 3.63) is 28.2 Å². The average Bonchev–Trinajstić information content (AvgIpc) is 2.56. The Hall–Kier alpha value is -0.680. The molecule has 24 heavy (non-hydrogen) atoms. The number of nitrogens with zero attached hydrogens (tertiary/aromatic N) is 1. The summed E-state index contributed by atoms with van der Waals surface area (Å²) < 4.78 is 5.71. The second-order valence-corrected chi connectivity index (χ2v) is 6.73. The van der Waals surface area contributed by atoms with Crippen LogP contribution in [0.4, 0.5) is 0 Å². The number of hydrogen-bond donors (Lipinski definition) is 1. The molecule has 4 nitrogen and oxygen atoms in total. The van der Waals surface area contributed by atoms with Crippen molar-refractivity contribution in [3.63, 3.8) is 0 Å². The highest BCUT2D eigenvalue weighted by atomic mass is 35.5.